The number of halogens is 1. The van der Waals surface area contributed by atoms with Gasteiger partial charge in [-0.3, -0.25) is 9.36 Å². The van der Waals surface area contributed by atoms with Crippen molar-refractivity contribution >= 4 is 17.7 Å². The number of thioether (sulfide) groups is 1. The van der Waals surface area contributed by atoms with Crippen LogP contribution in [0.5, 0.6) is 11.5 Å². The van der Waals surface area contributed by atoms with Gasteiger partial charge in [0, 0.05) is 6.04 Å². The lowest BCUT2D eigenvalue weighted by Gasteiger charge is -2.25. The van der Waals surface area contributed by atoms with Crippen LogP contribution in [0.4, 0.5) is 4.39 Å². The van der Waals surface area contributed by atoms with E-state index in [1.54, 1.807) is 18.2 Å². The summed E-state index contributed by atoms with van der Waals surface area (Å²) in [6.07, 6.45) is 2.00. The molecular formula is C25H27FN4O3S. The minimum absolute atomic E-state index is 0.101. The third kappa shape index (κ3) is 4.75. The molecular weight excluding hydrogens is 455 g/mol. The number of nitrogens with zero attached hydrogens (tertiary/aromatic N) is 3. The van der Waals surface area contributed by atoms with Gasteiger partial charge < -0.3 is 14.8 Å². The highest BCUT2D eigenvalue weighted by Crippen LogP contribution is 2.41. The number of rotatable bonds is 8. The van der Waals surface area contributed by atoms with Gasteiger partial charge >= 0.3 is 0 Å². The molecule has 2 heterocycles. The van der Waals surface area contributed by atoms with Crippen LogP contribution in [0.15, 0.2) is 47.6 Å². The van der Waals surface area contributed by atoms with Crippen molar-refractivity contribution in [3.8, 4) is 22.9 Å². The number of ether oxygens (including phenoxy) is 2. The molecule has 1 aromatic heterocycles. The van der Waals surface area contributed by atoms with Crippen LogP contribution in [-0.2, 0) is 4.79 Å². The second kappa shape index (κ2) is 9.66. The zero-order chi connectivity index (χ0) is 23.7. The molecule has 1 saturated carbocycles. The maximum absolute atomic E-state index is 14.4. The Labute approximate surface area is 202 Å². The lowest BCUT2D eigenvalue weighted by atomic mass is 9.95. The fourth-order valence-electron chi connectivity index (χ4n) is 4.10. The Morgan fingerprint density at radius 2 is 1.91 bits per heavy atom. The Morgan fingerprint density at radius 3 is 2.65 bits per heavy atom. The molecule has 1 aliphatic heterocycles. The standard InChI is InChI=1S/C25H27FN4O3S/c1-15(2)23(16-7-10-20-21(13-16)33-12-11-32-20)27-22(31)14-34-25-29-28-24(30(25)17-8-9-17)18-5-3-4-6-19(18)26/h3-7,10,13,15,17,23H,8-9,11-12,14H2,1-2H3,(H,27,31)/t23-/m1/s1. The van der Waals surface area contributed by atoms with Crippen LogP contribution < -0.4 is 14.8 Å². The molecule has 0 unspecified atom stereocenters. The minimum atomic E-state index is -0.328. The number of aromatic nitrogens is 3. The molecule has 1 atom stereocenters. The molecule has 9 heteroatoms. The predicted octanol–water partition coefficient (Wildman–Crippen LogP) is 4.80. The molecule has 1 fully saturated rings. The SMILES string of the molecule is CC(C)[C@@H](NC(=O)CSc1nnc(-c2ccccc2F)n1C1CC1)c1ccc2c(c1)OCCO2. The monoisotopic (exact) mass is 482 g/mol. The summed E-state index contributed by atoms with van der Waals surface area (Å²) in [5.41, 5.74) is 1.40. The minimum Gasteiger partial charge on any atom is -0.486 e. The zero-order valence-electron chi connectivity index (χ0n) is 19.2. The van der Waals surface area contributed by atoms with Crippen molar-refractivity contribution < 1.29 is 18.7 Å². The van der Waals surface area contributed by atoms with Crippen molar-refractivity contribution in [3.63, 3.8) is 0 Å². The second-order valence-corrected chi connectivity index (χ2v) is 9.81. The van der Waals surface area contributed by atoms with Gasteiger partial charge in [0.2, 0.25) is 5.91 Å². The number of hydrogen-bond donors (Lipinski definition) is 1. The van der Waals surface area contributed by atoms with Gasteiger partial charge in [-0.05, 0) is 48.6 Å². The summed E-state index contributed by atoms with van der Waals surface area (Å²) < 4.78 is 27.7. The summed E-state index contributed by atoms with van der Waals surface area (Å²) in [4.78, 5) is 12.9. The van der Waals surface area contributed by atoms with Gasteiger partial charge in [-0.25, -0.2) is 4.39 Å². The number of fused-ring (bicyclic) bond motifs is 1. The summed E-state index contributed by atoms with van der Waals surface area (Å²) in [5, 5.41) is 12.3. The van der Waals surface area contributed by atoms with Crippen LogP contribution in [0, 0.1) is 11.7 Å². The third-order valence-corrected chi connectivity index (χ3v) is 6.88. The largest absolute Gasteiger partial charge is 0.486 e. The number of benzene rings is 2. The van der Waals surface area contributed by atoms with E-state index >= 15 is 0 Å². The summed E-state index contributed by atoms with van der Waals surface area (Å²) in [6, 6.07) is 12.5. The van der Waals surface area contributed by atoms with Crippen molar-refractivity contribution in [3.05, 3.63) is 53.8 Å². The van der Waals surface area contributed by atoms with Gasteiger partial charge in [0.15, 0.2) is 22.5 Å². The molecule has 5 rings (SSSR count). The molecule has 1 amide bonds. The van der Waals surface area contributed by atoms with Crippen LogP contribution in [-0.4, -0.2) is 39.6 Å². The average molecular weight is 483 g/mol. The van der Waals surface area contributed by atoms with Gasteiger partial charge in [0.25, 0.3) is 0 Å². The van der Waals surface area contributed by atoms with Crippen LogP contribution in [0.2, 0.25) is 0 Å². The third-order valence-electron chi connectivity index (χ3n) is 5.93. The topological polar surface area (TPSA) is 78.3 Å². The lowest BCUT2D eigenvalue weighted by molar-refractivity contribution is -0.119. The van der Waals surface area contributed by atoms with E-state index in [1.807, 2.05) is 22.8 Å². The number of amides is 1. The van der Waals surface area contributed by atoms with Gasteiger partial charge in [-0.1, -0.05) is 43.8 Å². The number of carbonyl (C=O) groups is 1. The quantitative estimate of drug-likeness (QED) is 0.465. The molecule has 0 saturated heterocycles. The van der Waals surface area contributed by atoms with E-state index in [0.717, 1.165) is 24.2 Å². The first-order chi connectivity index (χ1) is 16.5. The van der Waals surface area contributed by atoms with Crippen LogP contribution >= 0.6 is 11.8 Å². The number of carbonyl (C=O) groups excluding carboxylic acids is 1. The Bertz CT molecular complexity index is 1190. The van der Waals surface area contributed by atoms with Crippen LogP contribution in [0.3, 0.4) is 0 Å². The first-order valence-corrected chi connectivity index (χ1v) is 12.5. The highest BCUT2D eigenvalue weighted by atomic mass is 32.2. The van der Waals surface area contributed by atoms with E-state index in [9.17, 15) is 9.18 Å². The van der Waals surface area contributed by atoms with E-state index in [4.69, 9.17) is 9.47 Å². The molecule has 7 nitrogen and oxygen atoms in total. The summed E-state index contributed by atoms with van der Waals surface area (Å²) in [7, 11) is 0. The van der Waals surface area contributed by atoms with Gasteiger partial charge in [0.1, 0.15) is 19.0 Å². The molecule has 3 aromatic rings. The smallest absolute Gasteiger partial charge is 0.230 e. The summed E-state index contributed by atoms with van der Waals surface area (Å²) >= 11 is 1.33. The Balaban J connectivity index is 1.29. The van der Waals surface area contributed by atoms with Crippen molar-refractivity contribution in [2.24, 2.45) is 5.92 Å². The predicted molar refractivity (Wildman–Crippen MR) is 128 cm³/mol. The van der Waals surface area contributed by atoms with E-state index in [0.29, 0.717) is 35.5 Å². The Morgan fingerprint density at radius 1 is 1.15 bits per heavy atom. The Hall–Kier alpha value is -3.07. The van der Waals surface area contributed by atoms with Crippen molar-refractivity contribution in [2.75, 3.05) is 19.0 Å². The maximum Gasteiger partial charge on any atom is 0.230 e. The summed E-state index contributed by atoms with van der Waals surface area (Å²) in [6.45, 7) is 5.19. The molecule has 34 heavy (non-hydrogen) atoms. The van der Waals surface area contributed by atoms with Crippen LogP contribution in [0.1, 0.15) is 44.3 Å². The number of nitrogens with one attached hydrogen (secondary N) is 1. The van der Waals surface area contributed by atoms with E-state index in [2.05, 4.69) is 29.4 Å². The number of hydrogen-bond acceptors (Lipinski definition) is 6. The molecule has 1 N–H and O–H groups in total. The molecule has 2 aromatic carbocycles. The molecule has 0 bridgehead atoms. The molecule has 178 valence electrons. The fourth-order valence-corrected chi connectivity index (χ4v) is 4.91. The fraction of sp³-hybridized carbons (Fsp3) is 0.400. The van der Waals surface area contributed by atoms with Gasteiger partial charge in [0.05, 0.1) is 17.4 Å². The van der Waals surface area contributed by atoms with Gasteiger partial charge in [-0.2, -0.15) is 0 Å². The van der Waals surface area contributed by atoms with E-state index in [1.165, 1.54) is 17.8 Å². The van der Waals surface area contributed by atoms with E-state index in [-0.39, 0.29) is 35.5 Å². The maximum atomic E-state index is 14.4. The van der Waals surface area contributed by atoms with Crippen LogP contribution in [0.25, 0.3) is 11.4 Å². The van der Waals surface area contributed by atoms with Crippen molar-refractivity contribution in [1.29, 1.82) is 0 Å². The van der Waals surface area contributed by atoms with E-state index < -0.39 is 0 Å². The highest BCUT2D eigenvalue weighted by Gasteiger charge is 2.31. The first kappa shape index (κ1) is 22.7. The zero-order valence-corrected chi connectivity index (χ0v) is 20.0. The molecule has 0 spiro atoms. The highest BCUT2D eigenvalue weighted by molar-refractivity contribution is 7.99. The van der Waals surface area contributed by atoms with Crippen molar-refractivity contribution in [2.45, 2.75) is 43.9 Å². The van der Waals surface area contributed by atoms with Crippen molar-refractivity contribution in [1.82, 2.24) is 20.1 Å². The molecule has 0 radical (unpaired) electrons. The van der Waals surface area contributed by atoms with Gasteiger partial charge in [-0.15, -0.1) is 10.2 Å². The lowest BCUT2D eigenvalue weighted by Crippen LogP contribution is -2.33. The summed E-state index contributed by atoms with van der Waals surface area (Å²) in [5.74, 6) is 1.89. The molecule has 1 aliphatic carbocycles. The molecule has 2 aliphatic rings. The average Bonchev–Trinajstić information content (AvgIpc) is 3.60. The Kier molecular flexibility index (Phi) is 6.45. The normalized spacial score (nSPS) is 15.9. The second-order valence-electron chi connectivity index (χ2n) is 8.87. The first-order valence-electron chi connectivity index (χ1n) is 11.5.